The van der Waals surface area contributed by atoms with Crippen LogP contribution in [-0.4, -0.2) is 12.7 Å². The zero-order chi connectivity index (χ0) is 31.8. The minimum Gasteiger partial charge on any atom is -0.338 e. The van der Waals surface area contributed by atoms with Crippen LogP contribution in [0.4, 0.5) is 28.4 Å². The molecule has 2 atom stereocenters. The van der Waals surface area contributed by atoms with E-state index >= 15 is 0 Å². The molecule has 3 aliphatic heterocycles. The molecule has 43 heavy (non-hydrogen) atoms. The molecule has 3 heteroatoms. The summed E-state index contributed by atoms with van der Waals surface area (Å²) < 4.78 is 20.2. The molecule has 0 saturated heterocycles. The van der Waals surface area contributed by atoms with E-state index in [9.17, 15) is 2.74 Å². The molecule has 4 aliphatic rings. The minimum absolute atomic E-state index is 0.00523. The topological polar surface area (TPSA) is 6.48 Å². The van der Waals surface area contributed by atoms with E-state index in [1.165, 1.54) is 50.0 Å². The van der Waals surface area contributed by atoms with E-state index in [0.29, 0.717) is 6.42 Å². The monoisotopic (exact) mass is 566 g/mol. The molecule has 0 amide bonds. The molecule has 4 aromatic rings. The lowest BCUT2D eigenvalue weighted by Crippen LogP contribution is -2.62. The van der Waals surface area contributed by atoms with Crippen LogP contribution in [0.1, 0.15) is 104 Å². The Bertz CT molecular complexity index is 1900. The highest BCUT2D eigenvalue weighted by Gasteiger charge is 2.50. The summed E-state index contributed by atoms with van der Waals surface area (Å²) in [5.74, 6) is -0.954. The van der Waals surface area contributed by atoms with Crippen molar-refractivity contribution in [2.75, 3.05) is 9.80 Å². The van der Waals surface area contributed by atoms with Gasteiger partial charge < -0.3 is 9.80 Å². The summed E-state index contributed by atoms with van der Waals surface area (Å²) in [6.45, 7) is 18.1. The Labute approximate surface area is 262 Å². The number of nitrogens with zero attached hydrogens (tertiary/aromatic N) is 2. The van der Waals surface area contributed by atoms with Crippen molar-refractivity contribution in [3.8, 4) is 0 Å². The predicted molar refractivity (Wildman–Crippen MR) is 186 cm³/mol. The first-order valence-corrected chi connectivity index (χ1v) is 16.3. The van der Waals surface area contributed by atoms with Gasteiger partial charge in [-0.1, -0.05) is 96.3 Å². The first kappa shape index (κ1) is 24.9. The van der Waals surface area contributed by atoms with Gasteiger partial charge in [0.2, 0.25) is 0 Å². The highest BCUT2D eigenvalue weighted by Crippen LogP contribution is 2.53. The molecule has 2 nitrogen and oxygen atoms in total. The third-order valence-corrected chi connectivity index (χ3v) is 10.3. The molecule has 1 aliphatic carbocycles. The first-order valence-electron chi connectivity index (χ1n) is 17.3. The standard InChI is InChI=1S/C40H45BN2/c1-24-19-30-29-11-9-10-12-33(29)43-36-22-25(2)21-35-37(36)41(32(20-24)38(30)43)31-23-27(40(6,7)8)15-18-34(31)42(35)28-16-13-26(14-17-28)39(3,4)5/h13-23,29,33H,9-12H2,1-8H3/i29D,33D. The van der Waals surface area contributed by atoms with Gasteiger partial charge in [-0.15, -0.1) is 0 Å². The molecule has 0 spiro atoms. The minimum atomic E-state index is -1.03. The summed E-state index contributed by atoms with van der Waals surface area (Å²) >= 11 is 0. The molecule has 3 heterocycles. The summed E-state index contributed by atoms with van der Waals surface area (Å²) in [5.41, 5.74) is 15.9. The molecule has 0 N–H and O–H groups in total. The van der Waals surface area contributed by atoms with E-state index in [1.807, 2.05) is 0 Å². The smallest absolute Gasteiger partial charge is 0.252 e. The zero-order valence-electron chi connectivity index (χ0n) is 29.2. The quantitative estimate of drug-likeness (QED) is 0.187. The second-order valence-corrected chi connectivity index (χ2v) is 15.5. The van der Waals surface area contributed by atoms with E-state index in [0.717, 1.165) is 41.9 Å². The Balaban J connectivity index is 1.48. The molecular formula is C40H45BN2. The van der Waals surface area contributed by atoms with Crippen molar-refractivity contribution < 1.29 is 2.74 Å². The Morgan fingerprint density at radius 3 is 2.07 bits per heavy atom. The maximum Gasteiger partial charge on any atom is 0.252 e. The van der Waals surface area contributed by atoms with Gasteiger partial charge in [0.05, 0.1) is 1.37 Å². The van der Waals surface area contributed by atoms with Crippen molar-refractivity contribution in [2.24, 2.45) is 0 Å². The highest BCUT2D eigenvalue weighted by atomic mass is 15.2. The van der Waals surface area contributed by atoms with E-state index in [4.69, 9.17) is 0 Å². The van der Waals surface area contributed by atoms with Crippen LogP contribution in [0.3, 0.4) is 0 Å². The van der Waals surface area contributed by atoms with Crippen molar-refractivity contribution in [3.05, 3.63) is 94.5 Å². The number of aryl methyl sites for hydroxylation is 2. The number of hydrogen-bond donors (Lipinski definition) is 0. The van der Waals surface area contributed by atoms with Gasteiger partial charge in [-0.2, -0.15) is 0 Å². The van der Waals surface area contributed by atoms with Crippen LogP contribution < -0.4 is 26.2 Å². The van der Waals surface area contributed by atoms with Gasteiger partial charge >= 0.3 is 0 Å². The van der Waals surface area contributed by atoms with Crippen molar-refractivity contribution in [1.29, 1.82) is 0 Å². The van der Waals surface area contributed by atoms with E-state index in [1.54, 1.807) is 0 Å². The Kier molecular flexibility index (Phi) is 5.24. The third kappa shape index (κ3) is 3.92. The summed E-state index contributed by atoms with van der Waals surface area (Å²) in [5, 5.41) is 0. The fourth-order valence-corrected chi connectivity index (χ4v) is 8.21. The van der Waals surface area contributed by atoms with Crippen LogP contribution in [0.5, 0.6) is 0 Å². The fraction of sp³-hybridized carbons (Fsp3) is 0.400. The summed E-state index contributed by atoms with van der Waals surface area (Å²) in [6.07, 6.45) is 3.44. The molecule has 218 valence electrons. The van der Waals surface area contributed by atoms with E-state index in [-0.39, 0.29) is 17.5 Å². The number of benzene rings is 4. The second-order valence-electron chi connectivity index (χ2n) is 15.5. The summed E-state index contributed by atoms with van der Waals surface area (Å²) in [4.78, 5) is 4.80. The van der Waals surface area contributed by atoms with Gasteiger partial charge in [-0.3, -0.25) is 0 Å². The molecule has 0 aromatic heterocycles. The van der Waals surface area contributed by atoms with Gasteiger partial charge in [0.15, 0.2) is 0 Å². The summed E-state index contributed by atoms with van der Waals surface area (Å²) in [7, 11) is 0. The second kappa shape index (κ2) is 9.04. The van der Waals surface area contributed by atoms with Crippen LogP contribution in [0.25, 0.3) is 0 Å². The molecular weight excluding hydrogens is 519 g/mol. The average molecular weight is 567 g/mol. The van der Waals surface area contributed by atoms with Crippen LogP contribution >= 0.6 is 0 Å². The molecule has 0 bridgehead atoms. The van der Waals surface area contributed by atoms with Crippen molar-refractivity contribution in [2.45, 2.75) is 104 Å². The van der Waals surface area contributed by atoms with Gasteiger partial charge in [-0.05, 0) is 106 Å². The SMILES string of the molecule is [2H]C12CCCCC1([2H])N1c3cc(C)cc4c3B(c3cc(C(C)(C)C)ccc3N4c3ccc(C(C)(C)C)cc3)c3cc(C)cc2c31. The van der Waals surface area contributed by atoms with Crippen molar-refractivity contribution >= 4 is 51.5 Å². The maximum atomic E-state index is 10.2. The number of rotatable bonds is 1. The maximum absolute atomic E-state index is 10.2. The van der Waals surface area contributed by atoms with Crippen molar-refractivity contribution in [1.82, 2.24) is 0 Å². The molecule has 1 fully saturated rings. The third-order valence-electron chi connectivity index (χ3n) is 10.3. The van der Waals surface area contributed by atoms with Crippen molar-refractivity contribution in [3.63, 3.8) is 0 Å². The van der Waals surface area contributed by atoms with Crippen LogP contribution in [-0.2, 0) is 10.8 Å². The molecule has 2 unspecified atom stereocenters. The number of hydrogen-bond acceptors (Lipinski definition) is 2. The average Bonchev–Trinajstić information content (AvgIpc) is 3.17. The Morgan fingerprint density at radius 2 is 1.35 bits per heavy atom. The van der Waals surface area contributed by atoms with E-state index < -0.39 is 11.9 Å². The lowest BCUT2D eigenvalue weighted by Gasteiger charge is -2.45. The van der Waals surface area contributed by atoms with Gasteiger partial charge in [0.25, 0.3) is 6.71 Å². The zero-order valence-corrected chi connectivity index (χ0v) is 27.2. The normalized spacial score (nSPS) is 24.1. The Morgan fingerprint density at radius 1 is 0.698 bits per heavy atom. The lowest BCUT2D eigenvalue weighted by molar-refractivity contribution is 0.402. The fourth-order valence-electron chi connectivity index (χ4n) is 8.21. The summed E-state index contributed by atoms with van der Waals surface area (Å²) in [6, 6.07) is 24.5. The predicted octanol–water partition coefficient (Wildman–Crippen LogP) is 8.69. The van der Waals surface area contributed by atoms with Crippen LogP contribution in [0.2, 0.25) is 0 Å². The molecule has 1 saturated carbocycles. The Hall–Kier alpha value is -3.46. The van der Waals surface area contributed by atoms with E-state index in [2.05, 4.69) is 132 Å². The lowest BCUT2D eigenvalue weighted by atomic mass is 9.33. The number of anilines is 5. The van der Waals surface area contributed by atoms with Gasteiger partial charge in [-0.25, -0.2) is 0 Å². The van der Waals surface area contributed by atoms with Crippen LogP contribution in [0, 0.1) is 13.8 Å². The van der Waals surface area contributed by atoms with Gasteiger partial charge in [0, 0.05) is 41.7 Å². The first-order chi connectivity index (χ1) is 21.1. The van der Waals surface area contributed by atoms with Gasteiger partial charge in [0.1, 0.15) is 0 Å². The largest absolute Gasteiger partial charge is 0.338 e. The molecule has 8 rings (SSSR count). The van der Waals surface area contributed by atoms with Crippen LogP contribution in [0.15, 0.2) is 66.7 Å². The number of fused-ring (bicyclic) bond motifs is 7. The highest BCUT2D eigenvalue weighted by molar-refractivity contribution is 7.00. The molecule has 4 aromatic carbocycles. The molecule has 0 radical (unpaired) electrons.